The fourth-order valence-corrected chi connectivity index (χ4v) is 3.78. The van der Waals surface area contributed by atoms with Crippen molar-refractivity contribution in [2.24, 2.45) is 11.7 Å². The van der Waals surface area contributed by atoms with Gasteiger partial charge in [0.25, 0.3) is 5.56 Å². The number of nitrogens with zero attached hydrogens (tertiary/aromatic N) is 5. The average molecular weight is 425 g/mol. The summed E-state index contributed by atoms with van der Waals surface area (Å²) in [5.41, 5.74) is 12.0. The molecule has 154 valence electrons. The number of anilines is 2. The average Bonchev–Trinajstić information content (AvgIpc) is 3.56. The number of nitriles is 1. The van der Waals surface area contributed by atoms with Crippen molar-refractivity contribution in [2.75, 3.05) is 17.6 Å². The van der Waals surface area contributed by atoms with E-state index in [4.69, 9.17) is 28.1 Å². The van der Waals surface area contributed by atoms with E-state index in [1.807, 2.05) is 6.07 Å². The number of hydrogen-bond donors (Lipinski definition) is 3. The highest BCUT2D eigenvalue weighted by Gasteiger charge is 2.36. The van der Waals surface area contributed by atoms with Crippen molar-refractivity contribution >= 4 is 34.1 Å². The Labute approximate surface area is 177 Å². The standard InChI is InChI=1S/C20H21ClN8O/c21-13-3-1-4-14-15(13)20(30)29(8-2-7-22)19(27-14)16(11-5-6-11)28-18-12(9-23)17(24)25-10-26-18/h1,3-4,10-11,16H,2,5-8,22H2,(H3,24,25,26,28)/t16-/m0/s1. The first kappa shape index (κ1) is 20.1. The molecule has 0 aliphatic heterocycles. The molecule has 0 bridgehead atoms. The first-order valence-electron chi connectivity index (χ1n) is 9.71. The third kappa shape index (κ3) is 3.67. The molecular formula is C20H21ClN8O. The summed E-state index contributed by atoms with van der Waals surface area (Å²) in [5.74, 6) is 1.25. The number of nitrogens with one attached hydrogen (secondary N) is 1. The largest absolute Gasteiger partial charge is 0.382 e. The van der Waals surface area contributed by atoms with Crippen LogP contribution < -0.4 is 22.3 Å². The number of hydrogen-bond acceptors (Lipinski definition) is 8. The first-order valence-corrected chi connectivity index (χ1v) is 10.1. The first-order chi connectivity index (χ1) is 14.5. The summed E-state index contributed by atoms with van der Waals surface area (Å²) in [6.07, 6.45) is 3.87. The number of fused-ring (bicyclic) bond motifs is 1. The van der Waals surface area contributed by atoms with E-state index in [9.17, 15) is 10.1 Å². The van der Waals surface area contributed by atoms with Crippen LogP contribution in [0.15, 0.2) is 29.3 Å². The fraction of sp³-hybridized carbons (Fsp3) is 0.350. The Morgan fingerprint density at radius 1 is 1.37 bits per heavy atom. The highest BCUT2D eigenvalue weighted by molar-refractivity contribution is 6.35. The van der Waals surface area contributed by atoms with Gasteiger partial charge in [0.1, 0.15) is 35.4 Å². The predicted octanol–water partition coefficient (Wildman–Crippen LogP) is 2.21. The summed E-state index contributed by atoms with van der Waals surface area (Å²) in [4.78, 5) is 26.2. The molecule has 1 aromatic carbocycles. The molecule has 30 heavy (non-hydrogen) atoms. The molecule has 9 nitrogen and oxygen atoms in total. The lowest BCUT2D eigenvalue weighted by Crippen LogP contribution is -2.31. The quantitative estimate of drug-likeness (QED) is 0.522. The van der Waals surface area contributed by atoms with Gasteiger partial charge in [0.15, 0.2) is 0 Å². The molecule has 1 aliphatic carbocycles. The second-order valence-electron chi connectivity index (χ2n) is 7.26. The van der Waals surface area contributed by atoms with Gasteiger partial charge in [-0.2, -0.15) is 5.26 Å². The SMILES string of the molecule is N#Cc1c(N)ncnc1N[C@H](c1nc2cccc(Cl)c2c(=O)n1CCCN)C1CC1. The fourth-order valence-electron chi connectivity index (χ4n) is 3.53. The van der Waals surface area contributed by atoms with Crippen molar-refractivity contribution < 1.29 is 0 Å². The zero-order valence-corrected chi connectivity index (χ0v) is 16.9. The lowest BCUT2D eigenvalue weighted by atomic mass is 10.1. The van der Waals surface area contributed by atoms with Gasteiger partial charge in [-0.15, -0.1) is 0 Å². The summed E-state index contributed by atoms with van der Waals surface area (Å²) in [6, 6.07) is 6.94. The van der Waals surface area contributed by atoms with Gasteiger partial charge in [-0.25, -0.2) is 15.0 Å². The van der Waals surface area contributed by atoms with Gasteiger partial charge in [0.05, 0.1) is 22.0 Å². The summed E-state index contributed by atoms with van der Waals surface area (Å²) in [6.45, 7) is 0.857. The predicted molar refractivity (Wildman–Crippen MR) is 115 cm³/mol. The van der Waals surface area contributed by atoms with Crippen LogP contribution in [0.5, 0.6) is 0 Å². The zero-order chi connectivity index (χ0) is 21.3. The smallest absolute Gasteiger partial charge is 0.262 e. The van der Waals surface area contributed by atoms with Crippen LogP contribution in [0.4, 0.5) is 11.6 Å². The van der Waals surface area contributed by atoms with Gasteiger partial charge in [0.2, 0.25) is 0 Å². The van der Waals surface area contributed by atoms with Gasteiger partial charge < -0.3 is 16.8 Å². The zero-order valence-electron chi connectivity index (χ0n) is 16.2. The van der Waals surface area contributed by atoms with Crippen LogP contribution in [0.25, 0.3) is 10.9 Å². The highest BCUT2D eigenvalue weighted by Crippen LogP contribution is 2.42. The molecule has 1 atom stereocenters. The molecule has 2 heterocycles. The second-order valence-corrected chi connectivity index (χ2v) is 7.66. The lowest BCUT2D eigenvalue weighted by Gasteiger charge is -2.23. The highest BCUT2D eigenvalue weighted by atomic mass is 35.5. The van der Waals surface area contributed by atoms with Crippen molar-refractivity contribution in [3.05, 3.63) is 51.3 Å². The van der Waals surface area contributed by atoms with E-state index in [-0.39, 0.29) is 28.9 Å². The molecule has 1 fully saturated rings. The van der Waals surface area contributed by atoms with Crippen LogP contribution in [0.1, 0.15) is 36.7 Å². The number of aromatic nitrogens is 4. The van der Waals surface area contributed by atoms with Crippen LogP contribution in [0.3, 0.4) is 0 Å². The van der Waals surface area contributed by atoms with E-state index in [1.165, 1.54) is 6.33 Å². The lowest BCUT2D eigenvalue weighted by molar-refractivity contribution is 0.530. The molecule has 3 aromatic rings. The van der Waals surface area contributed by atoms with Crippen LogP contribution >= 0.6 is 11.6 Å². The Morgan fingerprint density at radius 3 is 2.87 bits per heavy atom. The van der Waals surface area contributed by atoms with E-state index >= 15 is 0 Å². The van der Waals surface area contributed by atoms with Crippen LogP contribution in [0.2, 0.25) is 5.02 Å². The third-order valence-electron chi connectivity index (χ3n) is 5.20. The van der Waals surface area contributed by atoms with Crippen molar-refractivity contribution in [1.82, 2.24) is 19.5 Å². The Hall–Kier alpha value is -3.22. The molecule has 1 aliphatic rings. The van der Waals surface area contributed by atoms with Crippen molar-refractivity contribution in [2.45, 2.75) is 31.8 Å². The number of benzene rings is 1. The Bertz CT molecular complexity index is 1200. The van der Waals surface area contributed by atoms with E-state index < -0.39 is 0 Å². The Morgan fingerprint density at radius 2 is 2.17 bits per heavy atom. The maximum absolute atomic E-state index is 13.3. The molecule has 10 heteroatoms. The molecule has 4 rings (SSSR count). The molecule has 2 aromatic heterocycles. The summed E-state index contributed by atoms with van der Waals surface area (Å²) >= 11 is 6.30. The third-order valence-corrected chi connectivity index (χ3v) is 5.52. The number of nitrogen functional groups attached to an aromatic ring is 1. The van der Waals surface area contributed by atoms with E-state index in [2.05, 4.69) is 15.3 Å². The Balaban J connectivity index is 1.88. The minimum absolute atomic E-state index is 0.100. The van der Waals surface area contributed by atoms with Gasteiger partial charge in [-0.1, -0.05) is 17.7 Å². The maximum Gasteiger partial charge on any atom is 0.262 e. The van der Waals surface area contributed by atoms with Crippen molar-refractivity contribution in [1.29, 1.82) is 5.26 Å². The van der Waals surface area contributed by atoms with E-state index in [1.54, 1.807) is 22.8 Å². The molecular weight excluding hydrogens is 404 g/mol. The van der Waals surface area contributed by atoms with Crippen molar-refractivity contribution in [3.8, 4) is 6.07 Å². The van der Waals surface area contributed by atoms with Crippen LogP contribution in [0, 0.1) is 17.2 Å². The van der Waals surface area contributed by atoms with Gasteiger partial charge in [0, 0.05) is 6.54 Å². The van der Waals surface area contributed by atoms with E-state index in [0.29, 0.717) is 47.1 Å². The van der Waals surface area contributed by atoms with Gasteiger partial charge >= 0.3 is 0 Å². The summed E-state index contributed by atoms with van der Waals surface area (Å²) < 4.78 is 1.63. The number of rotatable bonds is 7. The monoisotopic (exact) mass is 424 g/mol. The molecule has 0 radical (unpaired) electrons. The van der Waals surface area contributed by atoms with Crippen LogP contribution in [-0.2, 0) is 6.54 Å². The minimum Gasteiger partial charge on any atom is -0.382 e. The molecule has 1 saturated carbocycles. The molecule has 0 amide bonds. The number of nitrogens with two attached hydrogens (primary N) is 2. The minimum atomic E-state index is -0.319. The van der Waals surface area contributed by atoms with Gasteiger partial charge in [-0.3, -0.25) is 9.36 Å². The molecule has 0 saturated heterocycles. The molecule has 0 spiro atoms. The number of halogens is 1. The maximum atomic E-state index is 13.3. The summed E-state index contributed by atoms with van der Waals surface area (Å²) in [7, 11) is 0. The second kappa shape index (κ2) is 8.26. The molecule has 0 unspecified atom stereocenters. The molecule has 5 N–H and O–H groups in total. The topological polar surface area (TPSA) is 149 Å². The van der Waals surface area contributed by atoms with Crippen LogP contribution in [-0.4, -0.2) is 26.1 Å². The Kier molecular flexibility index (Phi) is 5.53. The summed E-state index contributed by atoms with van der Waals surface area (Å²) in [5, 5.41) is 13.5. The van der Waals surface area contributed by atoms with Gasteiger partial charge in [-0.05, 0) is 43.9 Å². The van der Waals surface area contributed by atoms with E-state index in [0.717, 1.165) is 12.8 Å². The van der Waals surface area contributed by atoms with Crippen molar-refractivity contribution in [3.63, 3.8) is 0 Å². The normalized spacial score (nSPS) is 14.4.